The fourth-order valence-corrected chi connectivity index (χ4v) is 5.09. The number of ketones is 1. The first-order chi connectivity index (χ1) is 10.1. The van der Waals surface area contributed by atoms with Gasteiger partial charge in [-0.2, -0.15) is 0 Å². The van der Waals surface area contributed by atoms with Crippen LogP contribution in [-0.2, 0) is 9.59 Å². The number of carboxylic acids is 1. The van der Waals surface area contributed by atoms with E-state index >= 15 is 0 Å². The van der Waals surface area contributed by atoms with Gasteiger partial charge in [-0.05, 0) is 6.92 Å². The molecule has 0 saturated heterocycles. The van der Waals surface area contributed by atoms with E-state index in [1.807, 2.05) is 0 Å². The summed E-state index contributed by atoms with van der Waals surface area (Å²) < 4.78 is 3.10. The second-order valence-electron chi connectivity index (χ2n) is 4.38. The number of carbonyl (C=O) groups excluding carboxylic acids is 1. The quantitative estimate of drug-likeness (QED) is 0.666. The van der Waals surface area contributed by atoms with Crippen molar-refractivity contribution in [2.24, 2.45) is 0 Å². The third kappa shape index (κ3) is 9.09. The molecular weight excluding hydrogens is 461 g/mol. The van der Waals surface area contributed by atoms with Crippen LogP contribution in [-0.4, -0.2) is 40.1 Å². The van der Waals surface area contributed by atoms with Crippen LogP contribution >= 0.6 is 0 Å². The molecule has 1 radical (unpaired) electrons. The van der Waals surface area contributed by atoms with Gasteiger partial charge < -0.3 is 9.90 Å². The van der Waals surface area contributed by atoms with Crippen LogP contribution in [0.3, 0.4) is 0 Å². The van der Waals surface area contributed by atoms with Crippen LogP contribution in [0.1, 0.15) is 19.8 Å². The number of carbonyl (C=O) groups is 2. The van der Waals surface area contributed by atoms with E-state index in [2.05, 4.69) is 60.7 Å². The summed E-state index contributed by atoms with van der Waals surface area (Å²) in [6.45, 7) is 1.38. The number of aliphatic carboxylic acids is 1. The molecule has 3 nitrogen and oxygen atoms in total. The van der Waals surface area contributed by atoms with Crippen molar-refractivity contribution >= 4 is 41.5 Å². The maximum atomic E-state index is 10.1. The van der Waals surface area contributed by atoms with E-state index in [0.29, 0.717) is 0 Å². The SMILES string of the molecule is CC(=O)CCC(=O)O.c1cc[c]([Bi][c]2ccccc2)cc1. The summed E-state index contributed by atoms with van der Waals surface area (Å²) in [5, 5.41) is 8.01. The molecule has 0 aliphatic rings. The third-order valence-electron chi connectivity index (χ3n) is 2.46. The number of benzene rings is 2. The van der Waals surface area contributed by atoms with E-state index in [0.717, 1.165) is 0 Å². The Bertz CT molecular complexity index is 501. The summed E-state index contributed by atoms with van der Waals surface area (Å²) in [5.74, 6) is -0.993. The Hall–Kier alpha value is -1.54. The van der Waals surface area contributed by atoms with Crippen molar-refractivity contribution in [3.63, 3.8) is 0 Å². The molecule has 0 aliphatic heterocycles. The average molecular weight is 479 g/mol. The number of Topliss-reactive ketones (excluding diaryl/α,β-unsaturated/α-hetero) is 1. The summed E-state index contributed by atoms with van der Waals surface area (Å²) in [6.07, 6.45) is 0.102. The van der Waals surface area contributed by atoms with Crippen LogP contribution in [0.5, 0.6) is 0 Å². The molecule has 0 amide bonds. The molecule has 2 aromatic rings. The molecule has 2 aromatic carbocycles. The Kier molecular flexibility index (Phi) is 8.53. The topological polar surface area (TPSA) is 54.4 Å². The molecule has 109 valence electrons. The van der Waals surface area contributed by atoms with Gasteiger partial charge in [0, 0.05) is 6.42 Å². The van der Waals surface area contributed by atoms with Crippen LogP contribution < -0.4 is 6.54 Å². The van der Waals surface area contributed by atoms with Crippen LogP contribution in [0, 0.1) is 0 Å². The zero-order chi connectivity index (χ0) is 15.5. The minimum absolute atomic E-state index is 0.0463. The Balaban J connectivity index is 0.000000240. The van der Waals surface area contributed by atoms with Crippen LogP contribution in [0.15, 0.2) is 60.7 Å². The van der Waals surface area contributed by atoms with Gasteiger partial charge in [-0.3, -0.25) is 4.79 Å². The normalized spacial score (nSPS) is 9.38. The fourth-order valence-electron chi connectivity index (χ4n) is 1.44. The molecule has 0 heterocycles. The van der Waals surface area contributed by atoms with Crippen molar-refractivity contribution in [3.05, 3.63) is 60.7 Å². The number of carboxylic acid groups (broad SMARTS) is 1. The van der Waals surface area contributed by atoms with Gasteiger partial charge in [0.1, 0.15) is 5.78 Å². The zero-order valence-corrected chi connectivity index (χ0v) is 15.4. The second kappa shape index (κ2) is 10.2. The molecule has 2 rings (SSSR count). The van der Waals surface area contributed by atoms with Gasteiger partial charge in [-0.1, -0.05) is 0 Å². The molecule has 4 heteroatoms. The van der Waals surface area contributed by atoms with Crippen molar-refractivity contribution in [1.82, 2.24) is 0 Å². The fraction of sp³-hybridized carbons (Fsp3) is 0.176. The predicted molar refractivity (Wildman–Crippen MR) is 85.5 cm³/mol. The Morgan fingerprint density at radius 3 is 1.57 bits per heavy atom. The monoisotopic (exact) mass is 479 g/mol. The molecule has 21 heavy (non-hydrogen) atoms. The van der Waals surface area contributed by atoms with Crippen molar-refractivity contribution < 1.29 is 14.7 Å². The summed E-state index contributed by atoms with van der Waals surface area (Å²) in [5.41, 5.74) is 0. The summed E-state index contributed by atoms with van der Waals surface area (Å²) >= 11 is -0.613. The van der Waals surface area contributed by atoms with Gasteiger partial charge in [0.15, 0.2) is 0 Å². The standard InChI is InChI=1S/2C6H5.C5H8O3.Bi/c2*1-2-4-6-5-3-1;1-4(6)2-3-5(7)8;/h2*1-5H;2-3H2,1H3,(H,7,8);. The van der Waals surface area contributed by atoms with E-state index in [1.165, 1.54) is 6.92 Å². The van der Waals surface area contributed by atoms with Gasteiger partial charge in [0.25, 0.3) is 0 Å². The van der Waals surface area contributed by atoms with Crippen molar-refractivity contribution in [1.29, 1.82) is 0 Å². The molecule has 0 fully saturated rings. The van der Waals surface area contributed by atoms with Crippen molar-refractivity contribution in [3.8, 4) is 0 Å². The van der Waals surface area contributed by atoms with E-state index in [1.54, 1.807) is 6.54 Å². The van der Waals surface area contributed by atoms with Crippen LogP contribution in [0.25, 0.3) is 0 Å². The summed E-state index contributed by atoms with van der Waals surface area (Å²) in [6, 6.07) is 21.6. The molecule has 0 atom stereocenters. The Morgan fingerprint density at radius 2 is 1.29 bits per heavy atom. The summed E-state index contributed by atoms with van der Waals surface area (Å²) in [7, 11) is 0. The first-order valence-corrected chi connectivity index (χ1v) is 10.1. The molecular formula is C17H18BiO3. The number of rotatable bonds is 5. The number of hydrogen-bond donors (Lipinski definition) is 1. The van der Waals surface area contributed by atoms with E-state index in [-0.39, 0.29) is 18.6 Å². The van der Waals surface area contributed by atoms with Crippen LogP contribution in [0.4, 0.5) is 0 Å². The predicted octanol–water partition coefficient (Wildman–Crippen LogP) is 1.78. The van der Waals surface area contributed by atoms with E-state index < -0.39 is 29.2 Å². The molecule has 0 saturated carbocycles. The Labute approximate surface area is 136 Å². The zero-order valence-electron chi connectivity index (χ0n) is 11.9. The average Bonchev–Trinajstić information content (AvgIpc) is 2.48. The van der Waals surface area contributed by atoms with Crippen LogP contribution in [0.2, 0.25) is 0 Å². The van der Waals surface area contributed by atoms with Crippen molar-refractivity contribution in [2.45, 2.75) is 19.8 Å². The van der Waals surface area contributed by atoms with Crippen molar-refractivity contribution in [2.75, 3.05) is 0 Å². The van der Waals surface area contributed by atoms with Gasteiger partial charge in [-0.25, -0.2) is 0 Å². The summed E-state index contributed by atoms with van der Waals surface area (Å²) in [4.78, 5) is 19.8. The van der Waals surface area contributed by atoms with E-state index in [4.69, 9.17) is 5.11 Å². The Morgan fingerprint density at radius 1 is 0.857 bits per heavy atom. The first-order valence-electron chi connectivity index (χ1n) is 6.61. The maximum absolute atomic E-state index is 10.1. The molecule has 0 aromatic heterocycles. The van der Waals surface area contributed by atoms with Gasteiger partial charge in [-0.15, -0.1) is 0 Å². The molecule has 0 bridgehead atoms. The molecule has 1 N–H and O–H groups in total. The molecule has 0 unspecified atom stereocenters. The number of hydrogen-bond acceptors (Lipinski definition) is 2. The van der Waals surface area contributed by atoms with Gasteiger partial charge >= 0.3 is 96.4 Å². The van der Waals surface area contributed by atoms with Gasteiger partial charge in [0.2, 0.25) is 0 Å². The minimum atomic E-state index is -0.916. The van der Waals surface area contributed by atoms with Gasteiger partial charge in [0.05, 0.1) is 6.42 Å². The van der Waals surface area contributed by atoms with E-state index in [9.17, 15) is 9.59 Å². The third-order valence-corrected chi connectivity index (χ3v) is 6.79. The molecule has 0 spiro atoms. The second-order valence-corrected chi connectivity index (χ2v) is 9.26. The first kappa shape index (κ1) is 17.5. The molecule has 0 aliphatic carbocycles.